The number of ether oxygens (including phenoxy) is 2. The van der Waals surface area contributed by atoms with Crippen LogP contribution in [0.1, 0.15) is 59.9 Å². The van der Waals surface area contributed by atoms with Crippen LogP contribution in [-0.4, -0.2) is 50.2 Å². The van der Waals surface area contributed by atoms with Gasteiger partial charge in [-0.05, 0) is 57.3 Å². The summed E-state index contributed by atoms with van der Waals surface area (Å²) in [6.45, 7) is 18.6. The second kappa shape index (κ2) is 9.84. The highest BCUT2D eigenvalue weighted by Crippen LogP contribution is 2.39. The molecule has 170 valence electrons. The van der Waals surface area contributed by atoms with Crippen LogP contribution in [0.4, 0.5) is 4.79 Å². The van der Waals surface area contributed by atoms with Crippen molar-refractivity contribution in [3.05, 3.63) is 35.9 Å². The molecular weight excluding hydrogens is 394 g/mol. The van der Waals surface area contributed by atoms with Gasteiger partial charge >= 0.3 is 6.09 Å². The van der Waals surface area contributed by atoms with Gasteiger partial charge in [0, 0.05) is 6.54 Å². The third kappa shape index (κ3) is 7.10. The van der Waals surface area contributed by atoms with E-state index in [4.69, 9.17) is 13.9 Å². The molecule has 1 heterocycles. The Labute approximate surface area is 184 Å². The van der Waals surface area contributed by atoms with Gasteiger partial charge in [-0.2, -0.15) is 0 Å². The summed E-state index contributed by atoms with van der Waals surface area (Å²) in [6, 6.07) is 9.97. The van der Waals surface area contributed by atoms with E-state index < -0.39 is 13.9 Å². The second-order valence-corrected chi connectivity index (χ2v) is 15.6. The summed E-state index contributed by atoms with van der Waals surface area (Å²) in [5.41, 5.74) is 0.596. The molecule has 1 amide bonds. The summed E-state index contributed by atoms with van der Waals surface area (Å²) in [7, 11) is -1.98. The third-order valence-corrected chi connectivity index (χ3v) is 10.5. The molecule has 0 bridgehead atoms. The zero-order chi connectivity index (χ0) is 22.6. The lowest BCUT2D eigenvalue weighted by molar-refractivity contribution is -0.0478. The van der Waals surface area contributed by atoms with Gasteiger partial charge in [0.1, 0.15) is 5.60 Å². The van der Waals surface area contributed by atoms with Crippen molar-refractivity contribution < 1.29 is 18.7 Å². The molecule has 2 rings (SSSR count). The molecule has 0 saturated carbocycles. The van der Waals surface area contributed by atoms with E-state index in [2.05, 4.69) is 46.0 Å². The first-order valence-electron chi connectivity index (χ1n) is 11.1. The maximum atomic E-state index is 13.0. The van der Waals surface area contributed by atoms with Crippen LogP contribution in [0.25, 0.3) is 0 Å². The van der Waals surface area contributed by atoms with E-state index in [1.54, 1.807) is 0 Å². The average molecular weight is 436 g/mol. The number of amides is 1. The summed E-state index contributed by atoms with van der Waals surface area (Å²) in [5, 5.41) is 0.108. The van der Waals surface area contributed by atoms with Gasteiger partial charge in [0.25, 0.3) is 0 Å². The van der Waals surface area contributed by atoms with Crippen molar-refractivity contribution >= 4 is 14.4 Å². The SMILES string of the molecule is CC(C)(C)OC(=O)N1CCC[C@@H](O[Si](C)(C)C(C)(C)C)[C@H]1COCc1ccccc1. The van der Waals surface area contributed by atoms with E-state index in [0.29, 0.717) is 19.8 Å². The Balaban J connectivity index is 2.17. The van der Waals surface area contributed by atoms with E-state index in [1.807, 2.05) is 43.9 Å². The summed E-state index contributed by atoms with van der Waals surface area (Å²) >= 11 is 0. The van der Waals surface area contributed by atoms with Gasteiger partial charge in [-0.1, -0.05) is 51.1 Å². The first kappa shape index (κ1) is 24.9. The quantitative estimate of drug-likeness (QED) is 0.515. The fraction of sp³-hybridized carbons (Fsp3) is 0.708. The monoisotopic (exact) mass is 435 g/mol. The molecule has 1 aromatic rings. The number of carbonyl (C=O) groups is 1. The molecule has 0 unspecified atom stereocenters. The number of piperidine rings is 1. The number of hydrogen-bond acceptors (Lipinski definition) is 4. The van der Waals surface area contributed by atoms with Crippen LogP contribution >= 0.6 is 0 Å². The Morgan fingerprint density at radius 3 is 2.30 bits per heavy atom. The Hall–Kier alpha value is -1.37. The first-order chi connectivity index (χ1) is 13.8. The van der Waals surface area contributed by atoms with E-state index in [0.717, 1.165) is 18.4 Å². The summed E-state index contributed by atoms with van der Waals surface area (Å²) < 4.78 is 18.6. The minimum atomic E-state index is -1.98. The number of hydrogen-bond donors (Lipinski definition) is 0. The molecule has 1 aliphatic heterocycles. The van der Waals surface area contributed by atoms with Crippen molar-refractivity contribution in [2.45, 2.75) is 96.9 Å². The summed E-state index contributed by atoms with van der Waals surface area (Å²) in [4.78, 5) is 14.8. The predicted octanol–water partition coefficient (Wildman–Crippen LogP) is 5.99. The molecule has 1 fully saturated rings. The maximum absolute atomic E-state index is 13.0. The van der Waals surface area contributed by atoms with Gasteiger partial charge in [-0.3, -0.25) is 0 Å². The average Bonchev–Trinajstić information content (AvgIpc) is 2.61. The van der Waals surface area contributed by atoms with Gasteiger partial charge in [0.2, 0.25) is 0 Å². The highest BCUT2D eigenvalue weighted by molar-refractivity contribution is 6.74. The van der Waals surface area contributed by atoms with Crippen LogP contribution in [0.15, 0.2) is 30.3 Å². The number of benzene rings is 1. The van der Waals surface area contributed by atoms with Gasteiger partial charge in [0.05, 0.1) is 25.4 Å². The van der Waals surface area contributed by atoms with Gasteiger partial charge in [0.15, 0.2) is 8.32 Å². The lowest BCUT2D eigenvalue weighted by Gasteiger charge is -2.46. The number of rotatable bonds is 6. The molecule has 2 atom stereocenters. The van der Waals surface area contributed by atoms with E-state index in [9.17, 15) is 4.79 Å². The molecule has 0 aliphatic carbocycles. The Bertz CT molecular complexity index is 679. The van der Waals surface area contributed by atoms with Crippen molar-refractivity contribution in [1.29, 1.82) is 0 Å². The molecule has 1 saturated heterocycles. The van der Waals surface area contributed by atoms with Crippen LogP contribution in [0, 0.1) is 0 Å². The summed E-state index contributed by atoms with van der Waals surface area (Å²) in [5.74, 6) is 0. The molecule has 30 heavy (non-hydrogen) atoms. The minimum Gasteiger partial charge on any atom is -0.444 e. The molecule has 0 radical (unpaired) electrons. The molecule has 5 nitrogen and oxygen atoms in total. The molecule has 1 aliphatic rings. The molecule has 0 aromatic heterocycles. The lowest BCUT2D eigenvalue weighted by Crippen LogP contribution is -2.58. The van der Waals surface area contributed by atoms with Crippen molar-refractivity contribution in [2.75, 3.05) is 13.2 Å². The van der Waals surface area contributed by atoms with E-state index in [-0.39, 0.29) is 23.3 Å². The predicted molar refractivity (Wildman–Crippen MR) is 124 cm³/mol. The lowest BCUT2D eigenvalue weighted by atomic mass is 10.00. The van der Waals surface area contributed by atoms with Crippen LogP contribution in [0.2, 0.25) is 18.1 Å². The molecule has 0 spiro atoms. The fourth-order valence-corrected chi connectivity index (χ4v) is 4.72. The minimum absolute atomic E-state index is 0.0390. The van der Waals surface area contributed by atoms with Crippen molar-refractivity contribution in [2.24, 2.45) is 0 Å². The Morgan fingerprint density at radius 2 is 1.73 bits per heavy atom. The standard InChI is InChI=1S/C24H41NO4Si/c1-23(2,3)28-22(26)25-16-12-15-21(29-30(7,8)24(4,5)6)20(25)18-27-17-19-13-10-9-11-14-19/h9-11,13-14,20-21H,12,15-18H2,1-8H3/t20-,21-/m1/s1. The third-order valence-electron chi connectivity index (χ3n) is 6.00. The fourth-order valence-electron chi connectivity index (χ4n) is 3.33. The highest BCUT2D eigenvalue weighted by Gasteiger charge is 2.44. The maximum Gasteiger partial charge on any atom is 0.410 e. The zero-order valence-electron chi connectivity index (χ0n) is 20.2. The van der Waals surface area contributed by atoms with Crippen molar-refractivity contribution in [3.8, 4) is 0 Å². The number of carbonyl (C=O) groups excluding carboxylic acids is 1. The number of likely N-dealkylation sites (tertiary alicyclic amines) is 1. The Morgan fingerprint density at radius 1 is 1.10 bits per heavy atom. The van der Waals surface area contributed by atoms with Gasteiger partial charge in [-0.15, -0.1) is 0 Å². The summed E-state index contributed by atoms with van der Waals surface area (Å²) in [6.07, 6.45) is 1.53. The van der Waals surface area contributed by atoms with Gasteiger partial charge in [-0.25, -0.2) is 4.79 Å². The van der Waals surface area contributed by atoms with E-state index in [1.165, 1.54) is 0 Å². The van der Waals surface area contributed by atoms with Crippen LogP contribution in [-0.2, 0) is 20.5 Å². The normalized spacial score (nSPS) is 20.9. The van der Waals surface area contributed by atoms with Crippen LogP contribution in [0.3, 0.4) is 0 Å². The van der Waals surface area contributed by atoms with Crippen molar-refractivity contribution in [1.82, 2.24) is 4.90 Å². The van der Waals surface area contributed by atoms with Gasteiger partial charge < -0.3 is 18.8 Å². The topological polar surface area (TPSA) is 48.0 Å². The first-order valence-corrected chi connectivity index (χ1v) is 14.0. The molecule has 0 N–H and O–H groups in total. The van der Waals surface area contributed by atoms with Crippen LogP contribution < -0.4 is 0 Å². The van der Waals surface area contributed by atoms with Crippen molar-refractivity contribution in [3.63, 3.8) is 0 Å². The molecule has 6 heteroatoms. The largest absolute Gasteiger partial charge is 0.444 e. The zero-order valence-corrected chi connectivity index (χ0v) is 21.2. The Kier molecular flexibility index (Phi) is 8.16. The second-order valence-electron chi connectivity index (χ2n) is 10.8. The van der Waals surface area contributed by atoms with E-state index >= 15 is 0 Å². The molecule has 1 aromatic carbocycles. The van der Waals surface area contributed by atoms with Crippen LogP contribution in [0.5, 0.6) is 0 Å². The smallest absolute Gasteiger partial charge is 0.410 e. The molecular formula is C24H41NO4Si. The number of nitrogens with zero attached hydrogens (tertiary/aromatic N) is 1. The highest BCUT2D eigenvalue weighted by atomic mass is 28.4.